The van der Waals surface area contributed by atoms with Gasteiger partial charge in [0.05, 0.1) is 5.52 Å². The molecular formula is C19H29N3O. The highest BCUT2D eigenvalue weighted by Crippen LogP contribution is 2.26. The van der Waals surface area contributed by atoms with Gasteiger partial charge < -0.3 is 15.2 Å². The minimum Gasteiger partial charge on any atom is -0.358 e. The highest BCUT2D eigenvalue weighted by Gasteiger charge is 2.15. The largest absolute Gasteiger partial charge is 0.358 e. The lowest BCUT2D eigenvalue weighted by Crippen LogP contribution is -2.34. The second-order valence-electron chi connectivity index (χ2n) is 6.81. The van der Waals surface area contributed by atoms with Gasteiger partial charge in [0.15, 0.2) is 0 Å². The van der Waals surface area contributed by atoms with Crippen molar-refractivity contribution in [2.45, 2.75) is 40.7 Å². The number of nitrogens with zero attached hydrogens (tertiary/aromatic N) is 1. The summed E-state index contributed by atoms with van der Waals surface area (Å²) in [6.45, 7) is 9.73. The van der Waals surface area contributed by atoms with Crippen LogP contribution in [0.1, 0.15) is 36.2 Å². The van der Waals surface area contributed by atoms with Crippen LogP contribution in [0.15, 0.2) is 12.1 Å². The van der Waals surface area contributed by atoms with Crippen LogP contribution >= 0.6 is 0 Å². The predicted molar refractivity (Wildman–Crippen MR) is 96.7 cm³/mol. The number of rotatable bonds is 6. The standard InChI is InChI=1S/C19H29N3O/c1-7-17-14(4)16-9-12(2)8-15(18(16)21-17)10-20-19(23)13(3)11-22(5)6/h8-9,13,21H,7,10-11H2,1-6H3,(H,20,23)/t13-/m1/s1. The fourth-order valence-corrected chi connectivity index (χ4v) is 3.19. The number of nitrogens with one attached hydrogen (secondary N) is 2. The molecule has 1 atom stereocenters. The molecular weight excluding hydrogens is 286 g/mol. The average molecular weight is 315 g/mol. The van der Waals surface area contributed by atoms with Gasteiger partial charge in [-0.2, -0.15) is 0 Å². The molecule has 0 aliphatic rings. The third-order valence-corrected chi connectivity index (χ3v) is 4.39. The van der Waals surface area contributed by atoms with E-state index in [9.17, 15) is 4.79 Å². The first kappa shape index (κ1) is 17.5. The molecule has 0 bridgehead atoms. The van der Waals surface area contributed by atoms with Gasteiger partial charge in [0.2, 0.25) is 5.91 Å². The van der Waals surface area contributed by atoms with Crippen LogP contribution in [0.4, 0.5) is 0 Å². The number of hydrogen-bond acceptors (Lipinski definition) is 2. The number of H-pyrrole nitrogens is 1. The van der Waals surface area contributed by atoms with E-state index in [-0.39, 0.29) is 11.8 Å². The molecule has 0 radical (unpaired) electrons. The third kappa shape index (κ3) is 3.94. The van der Waals surface area contributed by atoms with Crippen molar-refractivity contribution in [2.75, 3.05) is 20.6 Å². The van der Waals surface area contributed by atoms with Gasteiger partial charge in [0.25, 0.3) is 0 Å². The zero-order chi connectivity index (χ0) is 17.1. The van der Waals surface area contributed by atoms with Crippen molar-refractivity contribution in [3.63, 3.8) is 0 Å². The van der Waals surface area contributed by atoms with E-state index in [1.54, 1.807) is 0 Å². The van der Waals surface area contributed by atoms with E-state index >= 15 is 0 Å². The number of amides is 1. The number of aromatic nitrogens is 1. The smallest absolute Gasteiger partial charge is 0.224 e. The molecule has 0 spiro atoms. The summed E-state index contributed by atoms with van der Waals surface area (Å²) in [6.07, 6.45) is 0.991. The van der Waals surface area contributed by atoms with Crippen molar-refractivity contribution in [3.8, 4) is 0 Å². The minimum atomic E-state index is -0.0121. The van der Waals surface area contributed by atoms with Crippen LogP contribution in [-0.4, -0.2) is 36.4 Å². The monoisotopic (exact) mass is 315 g/mol. The van der Waals surface area contributed by atoms with Crippen LogP contribution in [0, 0.1) is 19.8 Å². The Kier molecular flexibility index (Phi) is 5.47. The van der Waals surface area contributed by atoms with Gasteiger partial charge in [-0.3, -0.25) is 4.79 Å². The van der Waals surface area contributed by atoms with Gasteiger partial charge in [-0.05, 0) is 51.6 Å². The lowest BCUT2D eigenvalue weighted by atomic mass is 10.0. The fourth-order valence-electron chi connectivity index (χ4n) is 3.19. The molecule has 4 nitrogen and oxygen atoms in total. The zero-order valence-corrected chi connectivity index (χ0v) is 15.2. The summed E-state index contributed by atoms with van der Waals surface area (Å²) in [6, 6.07) is 4.38. The molecule has 1 amide bonds. The first-order valence-corrected chi connectivity index (χ1v) is 8.36. The Morgan fingerprint density at radius 3 is 2.61 bits per heavy atom. The maximum Gasteiger partial charge on any atom is 0.224 e. The third-order valence-electron chi connectivity index (χ3n) is 4.39. The second-order valence-corrected chi connectivity index (χ2v) is 6.81. The Labute approximate surface area is 139 Å². The molecule has 1 heterocycles. The molecule has 1 aromatic carbocycles. The van der Waals surface area contributed by atoms with E-state index in [0.717, 1.165) is 24.0 Å². The summed E-state index contributed by atoms with van der Waals surface area (Å²) < 4.78 is 0. The molecule has 2 rings (SSSR count). The number of aryl methyl sites for hydroxylation is 3. The molecule has 0 fully saturated rings. The molecule has 1 aromatic heterocycles. The summed E-state index contributed by atoms with van der Waals surface area (Å²) in [4.78, 5) is 17.8. The Bertz CT molecular complexity index is 700. The summed E-state index contributed by atoms with van der Waals surface area (Å²) in [5, 5.41) is 4.36. The number of carbonyl (C=O) groups is 1. The van der Waals surface area contributed by atoms with Crippen LogP contribution in [0.5, 0.6) is 0 Å². The van der Waals surface area contributed by atoms with Crippen molar-refractivity contribution >= 4 is 16.8 Å². The summed E-state index contributed by atoms with van der Waals surface area (Å²) >= 11 is 0. The lowest BCUT2D eigenvalue weighted by molar-refractivity contribution is -0.125. The van der Waals surface area contributed by atoms with Crippen molar-refractivity contribution < 1.29 is 4.79 Å². The van der Waals surface area contributed by atoms with Crippen LogP contribution in [0.2, 0.25) is 0 Å². The number of hydrogen-bond donors (Lipinski definition) is 2. The Balaban J connectivity index is 2.21. The van der Waals surface area contributed by atoms with E-state index in [1.165, 1.54) is 22.2 Å². The Hall–Kier alpha value is -1.81. The molecule has 4 heteroatoms. The van der Waals surface area contributed by atoms with E-state index in [2.05, 4.69) is 43.2 Å². The first-order chi connectivity index (χ1) is 10.8. The zero-order valence-electron chi connectivity index (χ0n) is 15.2. The number of aromatic amines is 1. The van der Waals surface area contributed by atoms with Gasteiger partial charge in [-0.1, -0.05) is 25.5 Å². The van der Waals surface area contributed by atoms with E-state index < -0.39 is 0 Å². The average Bonchev–Trinajstić information content (AvgIpc) is 2.80. The second kappa shape index (κ2) is 7.18. The predicted octanol–water partition coefficient (Wildman–Crippen LogP) is 3.16. The summed E-state index contributed by atoms with van der Waals surface area (Å²) in [5.41, 5.74) is 6.14. The fraction of sp³-hybridized carbons (Fsp3) is 0.526. The highest BCUT2D eigenvalue weighted by molar-refractivity contribution is 5.88. The van der Waals surface area contributed by atoms with Crippen molar-refractivity contribution in [1.82, 2.24) is 15.2 Å². The van der Waals surface area contributed by atoms with Crippen molar-refractivity contribution in [3.05, 3.63) is 34.5 Å². The molecule has 126 valence electrons. The number of fused-ring (bicyclic) bond motifs is 1. The van der Waals surface area contributed by atoms with Gasteiger partial charge in [0.1, 0.15) is 0 Å². The molecule has 0 saturated heterocycles. The maximum atomic E-state index is 12.3. The van der Waals surface area contributed by atoms with Gasteiger partial charge in [-0.15, -0.1) is 0 Å². The van der Waals surface area contributed by atoms with Crippen LogP contribution in [0.3, 0.4) is 0 Å². The number of carbonyl (C=O) groups excluding carboxylic acids is 1. The van der Waals surface area contributed by atoms with E-state index in [1.807, 2.05) is 25.9 Å². The molecule has 23 heavy (non-hydrogen) atoms. The molecule has 0 saturated carbocycles. The Morgan fingerprint density at radius 1 is 1.30 bits per heavy atom. The molecule has 0 aliphatic heterocycles. The first-order valence-electron chi connectivity index (χ1n) is 8.36. The van der Waals surface area contributed by atoms with Crippen LogP contribution in [-0.2, 0) is 17.8 Å². The Morgan fingerprint density at radius 2 is 2.00 bits per heavy atom. The maximum absolute atomic E-state index is 12.3. The molecule has 2 N–H and O–H groups in total. The highest BCUT2D eigenvalue weighted by atomic mass is 16.1. The van der Waals surface area contributed by atoms with Crippen molar-refractivity contribution in [2.24, 2.45) is 5.92 Å². The lowest BCUT2D eigenvalue weighted by Gasteiger charge is -2.17. The quantitative estimate of drug-likeness (QED) is 0.860. The minimum absolute atomic E-state index is 0.0121. The normalized spacial score (nSPS) is 12.8. The van der Waals surface area contributed by atoms with Crippen molar-refractivity contribution in [1.29, 1.82) is 0 Å². The van der Waals surface area contributed by atoms with Gasteiger partial charge in [0, 0.05) is 30.1 Å². The van der Waals surface area contributed by atoms with Gasteiger partial charge >= 0.3 is 0 Å². The molecule has 0 unspecified atom stereocenters. The molecule has 0 aliphatic carbocycles. The van der Waals surface area contributed by atoms with Crippen LogP contribution in [0.25, 0.3) is 10.9 Å². The summed E-state index contributed by atoms with van der Waals surface area (Å²) in [5.74, 6) is 0.0919. The SMILES string of the molecule is CCc1[nH]c2c(CNC(=O)[C@H](C)CN(C)C)cc(C)cc2c1C. The topological polar surface area (TPSA) is 48.1 Å². The van der Waals surface area contributed by atoms with E-state index in [4.69, 9.17) is 0 Å². The number of benzene rings is 1. The summed E-state index contributed by atoms with van der Waals surface area (Å²) in [7, 11) is 3.98. The molecule has 2 aromatic rings. The van der Waals surface area contributed by atoms with E-state index in [0.29, 0.717) is 6.54 Å². The van der Waals surface area contributed by atoms with Crippen LogP contribution < -0.4 is 5.32 Å². The van der Waals surface area contributed by atoms with Gasteiger partial charge in [-0.25, -0.2) is 0 Å².